The molecule has 1 aliphatic rings. The largest absolute Gasteiger partial charge is 0.489 e. The number of carbonyl (C=O) groups is 1. The van der Waals surface area contributed by atoms with Gasteiger partial charge in [0.25, 0.3) is 0 Å². The highest BCUT2D eigenvalue weighted by molar-refractivity contribution is 6.30. The Bertz CT molecular complexity index is 443. The number of ether oxygens (including phenoxy) is 1. The predicted molar refractivity (Wildman–Crippen MR) is 59.2 cm³/mol. The minimum Gasteiger partial charge on any atom is -0.489 e. The molecule has 4 heteroatoms. The van der Waals surface area contributed by atoms with Crippen LogP contribution < -0.4 is 4.74 Å². The van der Waals surface area contributed by atoms with Gasteiger partial charge in [-0.2, -0.15) is 0 Å². The van der Waals surface area contributed by atoms with Crippen LogP contribution in [0.4, 0.5) is 4.39 Å². The van der Waals surface area contributed by atoms with Gasteiger partial charge < -0.3 is 4.74 Å². The lowest BCUT2D eigenvalue weighted by atomic mass is 9.68. The van der Waals surface area contributed by atoms with Crippen molar-refractivity contribution in [3.63, 3.8) is 0 Å². The van der Waals surface area contributed by atoms with Crippen LogP contribution in [0, 0.1) is 11.2 Å². The molecule has 2 rings (SSSR count). The Morgan fingerprint density at radius 3 is 2.69 bits per heavy atom. The summed E-state index contributed by atoms with van der Waals surface area (Å²) in [5, 5.41) is 0.0660. The number of halogens is 2. The number of benzene rings is 1. The third-order valence-corrected chi connectivity index (χ3v) is 3.37. The minimum absolute atomic E-state index is 0.0660. The van der Waals surface area contributed by atoms with Gasteiger partial charge in [-0.05, 0) is 26.0 Å². The highest BCUT2D eigenvalue weighted by Crippen LogP contribution is 2.39. The summed E-state index contributed by atoms with van der Waals surface area (Å²) in [6.45, 7) is 3.66. The average Bonchev–Trinajstić information content (AvgIpc) is 2.23. The van der Waals surface area contributed by atoms with E-state index in [2.05, 4.69) is 0 Å². The first-order valence-electron chi connectivity index (χ1n) is 5.06. The molecule has 1 fully saturated rings. The van der Waals surface area contributed by atoms with Crippen molar-refractivity contribution in [3.05, 3.63) is 29.0 Å². The van der Waals surface area contributed by atoms with E-state index in [1.54, 1.807) is 6.07 Å². The van der Waals surface area contributed by atoms with Gasteiger partial charge in [0.05, 0.1) is 10.4 Å². The lowest BCUT2D eigenvalue weighted by molar-refractivity contribution is -0.148. The van der Waals surface area contributed by atoms with Crippen molar-refractivity contribution in [2.45, 2.75) is 26.4 Å². The number of Topliss-reactive ketones (excluding diaryl/α,β-unsaturated/α-hetero) is 1. The smallest absolute Gasteiger partial charge is 0.145 e. The summed E-state index contributed by atoms with van der Waals surface area (Å²) >= 11 is 5.56. The first-order chi connectivity index (χ1) is 7.41. The Hall–Kier alpha value is -1.09. The molecule has 1 aromatic rings. The van der Waals surface area contributed by atoms with Crippen LogP contribution in [0.25, 0.3) is 0 Å². The van der Waals surface area contributed by atoms with Gasteiger partial charge >= 0.3 is 0 Å². The summed E-state index contributed by atoms with van der Waals surface area (Å²) < 4.78 is 18.7. The van der Waals surface area contributed by atoms with Gasteiger partial charge in [-0.15, -0.1) is 0 Å². The molecule has 0 saturated heterocycles. The predicted octanol–water partition coefficient (Wildman–Crippen LogP) is 3.23. The van der Waals surface area contributed by atoms with E-state index in [1.807, 2.05) is 13.8 Å². The van der Waals surface area contributed by atoms with E-state index >= 15 is 0 Å². The number of carbonyl (C=O) groups excluding carboxylic acids is 1. The molecule has 0 radical (unpaired) electrons. The highest BCUT2D eigenvalue weighted by atomic mass is 35.5. The molecule has 1 atom stereocenters. The Labute approximate surface area is 98.4 Å². The van der Waals surface area contributed by atoms with E-state index in [1.165, 1.54) is 12.1 Å². The Morgan fingerprint density at radius 1 is 1.50 bits per heavy atom. The summed E-state index contributed by atoms with van der Waals surface area (Å²) in [6.07, 6.45) is 0.206. The van der Waals surface area contributed by atoms with Gasteiger partial charge in [-0.25, -0.2) is 4.39 Å². The quantitative estimate of drug-likeness (QED) is 0.796. The third kappa shape index (κ3) is 1.80. The second-order valence-corrected chi connectivity index (χ2v) is 4.94. The molecule has 1 unspecified atom stereocenters. The highest BCUT2D eigenvalue weighted by Gasteiger charge is 2.49. The van der Waals surface area contributed by atoms with Gasteiger partial charge in [0.1, 0.15) is 23.5 Å². The molecule has 1 saturated carbocycles. The van der Waals surface area contributed by atoms with E-state index in [9.17, 15) is 9.18 Å². The Balaban J connectivity index is 2.11. The zero-order valence-electron chi connectivity index (χ0n) is 9.09. The summed E-state index contributed by atoms with van der Waals surface area (Å²) in [5.74, 6) is 0.0713. The van der Waals surface area contributed by atoms with E-state index in [-0.39, 0.29) is 16.9 Å². The number of ketones is 1. The van der Waals surface area contributed by atoms with Gasteiger partial charge in [0.15, 0.2) is 0 Å². The molecule has 0 amide bonds. The number of hydrogen-bond acceptors (Lipinski definition) is 2. The molecule has 16 heavy (non-hydrogen) atoms. The third-order valence-electron chi connectivity index (χ3n) is 3.06. The molecule has 2 nitrogen and oxygen atoms in total. The minimum atomic E-state index is -0.511. The van der Waals surface area contributed by atoms with Crippen molar-refractivity contribution in [3.8, 4) is 5.75 Å². The zero-order chi connectivity index (χ0) is 11.9. The average molecular weight is 243 g/mol. The fourth-order valence-corrected chi connectivity index (χ4v) is 1.76. The van der Waals surface area contributed by atoms with E-state index < -0.39 is 11.2 Å². The maximum Gasteiger partial charge on any atom is 0.145 e. The van der Waals surface area contributed by atoms with Crippen LogP contribution in [-0.4, -0.2) is 11.9 Å². The van der Waals surface area contributed by atoms with Crippen LogP contribution in [0.5, 0.6) is 5.75 Å². The van der Waals surface area contributed by atoms with E-state index in [0.717, 1.165) is 0 Å². The first-order valence-corrected chi connectivity index (χ1v) is 5.44. The molecule has 0 aliphatic heterocycles. The van der Waals surface area contributed by atoms with Gasteiger partial charge in [0.2, 0.25) is 0 Å². The standard InChI is InChI=1S/C12H12ClFO2/c1-12(2)10(15)6-11(12)16-7-3-4-8(13)9(14)5-7/h3-5,11H,6H2,1-2H3. The molecule has 0 aromatic heterocycles. The van der Waals surface area contributed by atoms with Crippen molar-refractivity contribution < 1.29 is 13.9 Å². The molecule has 1 aliphatic carbocycles. The molecular weight excluding hydrogens is 231 g/mol. The lowest BCUT2D eigenvalue weighted by Gasteiger charge is -2.41. The Kier molecular flexibility index (Phi) is 2.66. The Morgan fingerprint density at radius 2 is 2.19 bits per heavy atom. The van der Waals surface area contributed by atoms with Crippen LogP contribution in [0.15, 0.2) is 18.2 Å². The van der Waals surface area contributed by atoms with E-state index in [4.69, 9.17) is 16.3 Å². The summed E-state index contributed by atoms with van der Waals surface area (Å²) in [7, 11) is 0. The van der Waals surface area contributed by atoms with Crippen LogP contribution in [-0.2, 0) is 4.79 Å². The molecule has 0 spiro atoms. The summed E-state index contributed by atoms with van der Waals surface area (Å²) in [4.78, 5) is 11.3. The molecule has 0 heterocycles. The summed E-state index contributed by atoms with van der Waals surface area (Å²) in [6, 6.07) is 4.28. The van der Waals surface area contributed by atoms with Crippen molar-refractivity contribution in [2.75, 3.05) is 0 Å². The fraction of sp³-hybridized carbons (Fsp3) is 0.417. The normalized spacial score (nSPS) is 22.8. The maximum atomic E-state index is 13.1. The van der Waals surface area contributed by atoms with Crippen LogP contribution in [0.1, 0.15) is 20.3 Å². The number of rotatable bonds is 2. The van der Waals surface area contributed by atoms with Crippen LogP contribution >= 0.6 is 11.6 Å². The van der Waals surface area contributed by atoms with Crippen molar-refractivity contribution in [2.24, 2.45) is 5.41 Å². The van der Waals surface area contributed by atoms with Gasteiger partial charge in [-0.3, -0.25) is 4.79 Å². The van der Waals surface area contributed by atoms with Crippen LogP contribution in [0.3, 0.4) is 0 Å². The lowest BCUT2D eigenvalue weighted by Crippen LogP contribution is -2.52. The van der Waals surface area contributed by atoms with Crippen molar-refractivity contribution in [1.29, 1.82) is 0 Å². The molecule has 1 aromatic carbocycles. The van der Waals surface area contributed by atoms with Gasteiger partial charge in [0, 0.05) is 12.5 Å². The van der Waals surface area contributed by atoms with Crippen molar-refractivity contribution >= 4 is 17.4 Å². The molecule has 86 valence electrons. The van der Waals surface area contributed by atoms with Crippen LogP contribution in [0.2, 0.25) is 5.02 Å². The second kappa shape index (κ2) is 3.74. The first kappa shape index (κ1) is 11.4. The molecule has 0 bridgehead atoms. The van der Waals surface area contributed by atoms with Gasteiger partial charge in [-0.1, -0.05) is 11.6 Å². The SMILES string of the molecule is CC1(C)C(=O)CC1Oc1ccc(Cl)c(F)c1. The molecule has 0 N–H and O–H groups in total. The zero-order valence-corrected chi connectivity index (χ0v) is 9.84. The van der Waals surface area contributed by atoms with Crippen molar-refractivity contribution in [1.82, 2.24) is 0 Å². The fourth-order valence-electron chi connectivity index (χ4n) is 1.64. The number of hydrogen-bond donors (Lipinski definition) is 0. The second-order valence-electron chi connectivity index (χ2n) is 4.53. The molecular formula is C12H12ClFO2. The van der Waals surface area contributed by atoms with E-state index in [0.29, 0.717) is 12.2 Å². The monoisotopic (exact) mass is 242 g/mol. The maximum absolute atomic E-state index is 13.1. The summed E-state index contributed by atoms with van der Waals surface area (Å²) in [5.41, 5.74) is -0.476. The topological polar surface area (TPSA) is 26.3 Å².